The fraction of sp³-hybridized carbons (Fsp3) is 0.478. The third kappa shape index (κ3) is 4.23. The van der Waals surface area contributed by atoms with Gasteiger partial charge in [0.2, 0.25) is 0 Å². The molecule has 0 fully saturated rings. The molecule has 5 rings (SSSR count). The van der Waals surface area contributed by atoms with Gasteiger partial charge in [-0.25, -0.2) is 0 Å². The normalized spacial score (nSPS) is 22.9. The van der Waals surface area contributed by atoms with Crippen LogP contribution in [0.25, 0.3) is 0 Å². The summed E-state index contributed by atoms with van der Waals surface area (Å²) < 4.78 is 2.15. The molecule has 1 unspecified atom stereocenters. The van der Waals surface area contributed by atoms with Crippen LogP contribution in [0, 0.1) is 0 Å². The molecule has 4 heteroatoms. The molecule has 0 N–H and O–H groups in total. The number of hydrogen-bond acceptors (Lipinski definition) is 0. The van der Waals surface area contributed by atoms with E-state index in [9.17, 15) is 0 Å². The lowest BCUT2D eigenvalue weighted by molar-refractivity contribution is -0.953. The zero-order chi connectivity index (χ0) is 17.8. The van der Waals surface area contributed by atoms with Crippen LogP contribution in [0.4, 0.5) is 0 Å². The van der Waals surface area contributed by atoms with Crippen LogP contribution in [0.2, 0.25) is 0 Å². The fourth-order valence-electron chi connectivity index (χ4n) is 5.02. The predicted molar refractivity (Wildman–Crippen MR) is 105 cm³/mol. The van der Waals surface area contributed by atoms with E-state index in [4.69, 9.17) is 0 Å². The van der Waals surface area contributed by atoms with Crippen molar-refractivity contribution in [2.45, 2.75) is 24.3 Å². The molecule has 0 amide bonds. The molecule has 2 bridgehead atoms. The molecule has 0 heterocycles. The molecule has 2 nitrogen and oxygen atoms in total. The maximum absolute atomic E-state index is 2.45. The van der Waals surface area contributed by atoms with E-state index in [0.29, 0.717) is 17.9 Å². The second-order valence-corrected chi connectivity index (χ2v) is 9.61. The average Bonchev–Trinajstić information content (AvgIpc) is 2.59. The minimum absolute atomic E-state index is 0. The van der Waals surface area contributed by atoms with Crippen molar-refractivity contribution in [3.8, 4) is 0 Å². The van der Waals surface area contributed by atoms with E-state index in [2.05, 4.69) is 83.8 Å². The summed E-state index contributed by atoms with van der Waals surface area (Å²) in [7, 11) is 11.8. The Kier molecular flexibility index (Phi) is 7.09. The number of nitrogens with zero attached hydrogens (tertiary/aromatic N) is 2. The fourth-order valence-corrected chi connectivity index (χ4v) is 5.02. The van der Waals surface area contributed by atoms with Crippen LogP contribution in [0.3, 0.4) is 0 Å². The van der Waals surface area contributed by atoms with Gasteiger partial charge >= 0.3 is 0 Å². The van der Waals surface area contributed by atoms with Gasteiger partial charge in [-0.3, -0.25) is 0 Å². The molecule has 0 aliphatic heterocycles. The van der Waals surface area contributed by atoms with Gasteiger partial charge in [-0.1, -0.05) is 48.5 Å². The van der Waals surface area contributed by atoms with Crippen molar-refractivity contribution in [3.05, 3.63) is 70.8 Å². The van der Waals surface area contributed by atoms with Gasteiger partial charge < -0.3 is 56.9 Å². The number of likely N-dealkylation sites (N-methyl/N-ethyl adjacent to an activating group) is 2. The quantitative estimate of drug-likeness (QED) is 0.281. The van der Waals surface area contributed by atoms with Gasteiger partial charge in [0, 0.05) is 12.3 Å². The lowest BCUT2D eigenvalue weighted by Crippen LogP contribution is -3.00. The van der Waals surface area contributed by atoms with Crippen LogP contribution < -0.4 is 48.0 Å². The van der Waals surface area contributed by atoms with Gasteiger partial charge in [-0.2, -0.15) is 0 Å². The summed E-state index contributed by atoms with van der Waals surface area (Å²) in [5, 5.41) is 0. The van der Waals surface area contributed by atoms with Crippen molar-refractivity contribution >= 4 is 0 Å². The van der Waals surface area contributed by atoms with E-state index in [1.54, 1.807) is 22.3 Å². The molecule has 1 atom stereocenters. The third-order valence-electron chi connectivity index (χ3n) is 6.52. The highest BCUT2D eigenvalue weighted by Gasteiger charge is 2.49. The Morgan fingerprint density at radius 1 is 0.704 bits per heavy atom. The van der Waals surface area contributed by atoms with Gasteiger partial charge in [-0.15, -0.1) is 0 Å². The summed E-state index contributed by atoms with van der Waals surface area (Å²) in [6.45, 7) is 2.44. The lowest BCUT2D eigenvalue weighted by atomic mass is 9.61. The number of hydrogen-bond donors (Lipinski definition) is 0. The van der Waals surface area contributed by atoms with Gasteiger partial charge in [-0.05, 0) is 22.3 Å². The second kappa shape index (κ2) is 8.28. The Hall–Kier alpha value is -0.180. The van der Waals surface area contributed by atoms with E-state index in [1.807, 2.05) is 0 Å². The zero-order valence-electron chi connectivity index (χ0n) is 17.1. The van der Waals surface area contributed by atoms with Gasteiger partial charge in [0.15, 0.2) is 0 Å². The third-order valence-corrected chi connectivity index (χ3v) is 6.52. The highest BCUT2D eigenvalue weighted by Crippen LogP contribution is 2.54. The van der Waals surface area contributed by atoms with Gasteiger partial charge in [0.25, 0.3) is 0 Å². The van der Waals surface area contributed by atoms with Crippen LogP contribution in [-0.2, 0) is 0 Å². The summed E-state index contributed by atoms with van der Waals surface area (Å²) in [6, 6.07) is 19.1. The Balaban J connectivity index is 0.00000131. The molecule has 27 heavy (non-hydrogen) atoms. The Bertz CT molecular complexity index is 747. The molecule has 0 aromatic heterocycles. The van der Waals surface area contributed by atoms with Crippen molar-refractivity contribution in [2.24, 2.45) is 0 Å². The zero-order valence-corrected chi connectivity index (χ0v) is 21.4. The highest BCUT2D eigenvalue weighted by atomic mass is 127. The smallest absolute Gasteiger partial charge is 0.128 e. The number of benzene rings is 2. The lowest BCUT2D eigenvalue weighted by Gasteiger charge is -2.51. The van der Waals surface area contributed by atoms with Crippen LogP contribution in [-0.4, -0.2) is 63.3 Å². The molecule has 3 aliphatic rings. The van der Waals surface area contributed by atoms with Gasteiger partial charge in [0.05, 0.1) is 41.2 Å². The van der Waals surface area contributed by atoms with Crippen LogP contribution in [0.15, 0.2) is 48.5 Å². The first kappa shape index (κ1) is 23.1. The maximum atomic E-state index is 2.45. The van der Waals surface area contributed by atoms with Crippen molar-refractivity contribution in [1.82, 2.24) is 0 Å². The molecule has 0 radical (unpaired) electrons. The van der Waals surface area contributed by atoms with E-state index >= 15 is 0 Å². The summed E-state index contributed by atoms with van der Waals surface area (Å²) in [5.74, 6) is 1.11. The van der Waals surface area contributed by atoms with Crippen molar-refractivity contribution in [3.63, 3.8) is 0 Å². The van der Waals surface area contributed by atoms with Crippen molar-refractivity contribution in [2.75, 3.05) is 48.3 Å². The monoisotopic (exact) mass is 590 g/mol. The predicted octanol–water partition coefficient (Wildman–Crippen LogP) is -2.17. The maximum Gasteiger partial charge on any atom is 0.128 e. The second-order valence-electron chi connectivity index (χ2n) is 9.61. The first-order chi connectivity index (χ1) is 11.8. The van der Waals surface area contributed by atoms with Gasteiger partial charge in [0.1, 0.15) is 19.1 Å². The highest BCUT2D eigenvalue weighted by molar-refractivity contribution is 5.56. The molecule has 3 aliphatic carbocycles. The number of quaternary nitrogens is 2. The minimum Gasteiger partial charge on any atom is -1.00 e. The molecule has 0 saturated heterocycles. The summed E-state index contributed by atoms with van der Waals surface area (Å²) >= 11 is 0. The molecular formula is C23H32I2N2. The Labute approximate surface area is 199 Å². The molecule has 0 saturated carbocycles. The van der Waals surface area contributed by atoms with E-state index in [0.717, 1.165) is 8.97 Å². The number of halogens is 2. The minimum atomic E-state index is 0. The summed E-state index contributed by atoms with van der Waals surface area (Å²) in [6.07, 6.45) is 1.28. The molecule has 2 aromatic rings. The average molecular weight is 590 g/mol. The Morgan fingerprint density at radius 2 is 1.15 bits per heavy atom. The van der Waals surface area contributed by atoms with E-state index in [1.165, 1.54) is 19.5 Å². The van der Waals surface area contributed by atoms with Crippen molar-refractivity contribution in [1.29, 1.82) is 0 Å². The Morgan fingerprint density at radius 3 is 1.59 bits per heavy atom. The largest absolute Gasteiger partial charge is 1.00 e. The molecular weight excluding hydrogens is 558 g/mol. The van der Waals surface area contributed by atoms with Crippen LogP contribution in [0.1, 0.15) is 40.5 Å². The van der Waals surface area contributed by atoms with Crippen molar-refractivity contribution < 1.29 is 56.9 Å². The number of fused-ring (bicyclic) bond motifs is 1. The molecule has 148 valence electrons. The van der Waals surface area contributed by atoms with E-state index < -0.39 is 0 Å². The van der Waals surface area contributed by atoms with Crippen LogP contribution >= 0.6 is 0 Å². The topological polar surface area (TPSA) is 0 Å². The first-order valence-electron chi connectivity index (χ1n) is 9.59. The van der Waals surface area contributed by atoms with E-state index in [-0.39, 0.29) is 48.0 Å². The van der Waals surface area contributed by atoms with Crippen LogP contribution in [0.5, 0.6) is 0 Å². The molecule has 2 aromatic carbocycles. The standard InChI is InChI=1S/C23H32N2.2HI/c1-24(2,3)14-15-25(4,5)22-16-21-17-10-6-8-12-19(17)23(22)20-13-9-7-11-18(20)21;;/h6-13,21-23H,14-16H2,1-5H3;2*1H/q+2;;/p-2. The first-order valence-corrected chi connectivity index (χ1v) is 9.59. The summed E-state index contributed by atoms with van der Waals surface area (Å²) in [5.41, 5.74) is 6.32. The summed E-state index contributed by atoms with van der Waals surface area (Å²) in [4.78, 5) is 0. The number of rotatable bonds is 4. The SMILES string of the molecule is C[N+](C)(C)CC[N+](C)(C)C1CC2c3ccccc3C1c1ccccc12.[I-].[I-]. The molecule has 0 spiro atoms.